The third kappa shape index (κ3) is 3.60. The van der Waals surface area contributed by atoms with Crippen molar-refractivity contribution in [2.45, 2.75) is 6.92 Å². The lowest BCUT2D eigenvalue weighted by Gasteiger charge is -2.08. The highest BCUT2D eigenvalue weighted by molar-refractivity contribution is 6.05. The molecule has 6 heteroatoms. The second-order valence-corrected chi connectivity index (χ2v) is 5.72. The van der Waals surface area contributed by atoms with Gasteiger partial charge in [-0.25, -0.2) is 4.79 Å². The number of hydrogen-bond donors (Lipinski definition) is 1. The van der Waals surface area contributed by atoms with Crippen molar-refractivity contribution in [2.75, 3.05) is 26.6 Å². The van der Waals surface area contributed by atoms with E-state index in [0.29, 0.717) is 17.1 Å². The van der Waals surface area contributed by atoms with Gasteiger partial charge in [0.2, 0.25) is 5.88 Å². The average molecular weight is 367 g/mol. The molecule has 0 atom stereocenters. The standard InChI is InChI=1S/C21H21NO5/c1-4-26-21(23)18-17(13-5-9-15(24-2)10-6-13)19(27-20(18)22)14-7-11-16(25-3)12-8-14/h5-12H,4,22H2,1-3H3. The Morgan fingerprint density at radius 2 is 1.44 bits per heavy atom. The van der Waals surface area contributed by atoms with E-state index < -0.39 is 5.97 Å². The SMILES string of the molecule is CCOC(=O)c1c(N)oc(-c2ccc(OC)cc2)c1-c1ccc(OC)cc1. The van der Waals surface area contributed by atoms with Gasteiger partial charge < -0.3 is 24.4 Å². The summed E-state index contributed by atoms with van der Waals surface area (Å²) in [6, 6.07) is 14.6. The number of benzene rings is 2. The molecule has 0 saturated carbocycles. The minimum absolute atomic E-state index is 0.0186. The van der Waals surface area contributed by atoms with Crippen LogP contribution in [0.25, 0.3) is 22.5 Å². The highest BCUT2D eigenvalue weighted by atomic mass is 16.5. The molecule has 2 aromatic carbocycles. The molecule has 0 unspecified atom stereocenters. The number of nitrogen functional groups attached to an aromatic ring is 1. The fourth-order valence-electron chi connectivity index (χ4n) is 2.83. The molecule has 0 aliphatic rings. The summed E-state index contributed by atoms with van der Waals surface area (Å²) < 4.78 is 21.4. The molecule has 0 bridgehead atoms. The number of hydrogen-bond acceptors (Lipinski definition) is 6. The molecular weight excluding hydrogens is 346 g/mol. The maximum atomic E-state index is 12.5. The normalized spacial score (nSPS) is 10.5. The van der Waals surface area contributed by atoms with E-state index in [1.165, 1.54) is 0 Å². The van der Waals surface area contributed by atoms with Crippen LogP contribution in [0.2, 0.25) is 0 Å². The summed E-state index contributed by atoms with van der Waals surface area (Å²) in [5, 5.41) is 0. The zero-order chi connectivity index (χ0) is 19.4. The van der Waals surface area contributed by atoms with Crippen molar-refractivity contribution >= 4 is 11.9 Å². The van der Waals surface area contributed by atoms with Gasteiger partial charge in [0.25, 0.3) is 0 Å². The molecule has 0 spiro atoms. The first-order chi connectivity index (χ1) is 13.1. The van der Waals surface area contributed by atoms with Crippen molar-refractivity contribution in [2.24, 2.45) is 0 Å². The monoisotopic (exact) mass is 367 g/mol. The Hall–Kier alpha value is -3.41. The summed E-state index contributed by atoms with van der Waals surface area (Å²) in [7, 11) is 3.19. The van der Waals surface area contributed by atoms with Gasteiger partial charge in [0.1, 0.15) is 22.8 Å². The minimum atomic E-state index is -0.524. The number of carbonyl (C=O) groups is 1. The fraction of sp³-hybridized carbons (Fsp3) is 0.190. The van der Waals surface area contributed by atoms with Gasteiger partial charge in [-0.15, -0.1) is 0 Å². The summed E-state index contributed by atoms with van der Waals surface area (Å²) in [6.45, 7) is 1.98. The van der Waals surface area contributed by atoms with Crippen LogP contribution in [0.5, 0.6) is 11.5 Å². The molecular formula is C21H21NO5. The van der Waals surface area contributed by atoms with Gasteiger partial charge in [0.05, 0.1) is 20.8 Å². The number of carbonyl (C=O) groups excluding carboxylic acids is 1. The van der Waals surface area contributed by atoms with Crippen LogP contribution >= 0.6 is 0 Å². The highest BCUT2D eigenvalue weighted by Crippen LogP contribution is 2.41. The number of furan rings is 1. The van der Waals surface area contributed by atoms with E-state index in [4.69, 9.17) is 24.4 Å². The van der Waals surface area contributed by atoms with E-state index in [0.717, 1.165) is 16.9 Å². The van der Waals surface area contributed by atoms with E-state index in [1.807, 2.05) is 48.5 Å². The Morgan fingerprint density at radius 3 is 1.93 bits per heavy atom. The lowest BCUT2D eigenvalue weighted by atomic mass is 9.97. The second-order valence-electron chi connectivity index (χ2n) is 5.72. The van der Waals surface area contributed by atoms with E-state index in [9.17, 15) is 4.79 Å². The third-order valence-electron chi connectivity index (χ3n) is 4.15. The molecule has 0 aliphatic carbocycles. The van der Waals surface area contributed by atoms with Gasteiger partial charge in [-0.05, 0) is 48.9 Å². The molecule has 0 amide bonds. The van der Waals surface area contributed by atoms with Crippen molar-refractivity contribution in [3.05, 3.63) is 54.1 Å². The van der Waals surface area contributed by atoms with Crippen LogP contribution < -0.4 is 15.2 Å². The molecule has 0 aliphatic heterocycles. The number of methoxy groups -OCH3 is 2. The van der Waals surface area contributed by atoms with Crippen LogP contribution in [-0.2, 0) is 4.74 Å². The Kier molecular flexibility index (Phi) is 5.35. The van der Waals surface area contributed by atoms with Crippen molar-refractivity contribution in [1.82, 2.24) is 0 Å². The van der Waals surface area contributed by atoms with Crippen molar-refractivity contribution in [3.63, 3.8) is 0 Å². The van der Waals surface area contributed by atoms with Crippen LogP contribution in [-0.4, -0.2) is 26.8 Å². The third-order valence-corrected chi connectivity index (χ3v) is 4.15. The molecule has 0 saturated heterocycles. The zero-order valence-corrected chi connectivity index (χ0v) is 15.4. The molecule has 1 heterocycles. The first-order valence-electron chi connectivity index (χ1n) is 8.47. The van der Waals surface area contributed by atoms with Crippen LogP contribution in [0.3, 0.4) is 0 Å². The van der Waals surface area contributed by atoms with Gasteiger partial charge in [0.15, 0.2) is 0 Å². The van der Waals surface area contributed by atoms with Gasteiger partial charge in [-0.3, -0.25) is 0 Å². The molecule has 140 valence electrons. The second kappa shape index (κ2) is 7.86. The lowest BCUT2D eigenvalue weighted by Crippen LogP contribution is -2.07. The Morgan fingerprint density at radius 1 is 0.926 bits per heavy atom. The quantitative estimate of drug-likeness (QED) is 0.651. The van der Waals surface area contributed by atoms with E-state index in [-0.39, 0.29) is 18.1 Å². The summed E-state index contributed by atoms with van der Waals surface area (Å²) in [4.78, 5) is 12.5. The average Bonchev–Trinajstić information content (AvgIpc) is 3.05. The van der Waals surface area contributed by atoms with Gasteiger partial charge in [-0.2, -0.15) is 0 Å². The topological polar surface area (TPSA) is 83.9 Å². The predicted molar refractivity (Wildman–Crippen MR) is 103 cm³/mol. The highest BCUT2D eigenvalue weighted by Gasteiger charge is 2.27. The maximum absolute atomic E-state index is 12.5. The zero-order valence-electron chi connectivity index (χ0n) is 15.4. The first kappa shape index (κ1) is 18.4. The molecule has 3 rings (SSSR count). The molecule has 6 nitrogen and oxygen atoms in total. The Bertz CT molecular complexity index is 926. The van der Waals surface area contributed by atoms with Crippen molar-refractivity contribution in [3.8, 4) is 33.9 Å². The fourth-order valence-corrected chi connectivity index (χ4v) is 2.83. The van der Waals surface area contributed by atoms with Crippen LogP contribution in [0.4, 0.5) is 5.88 Å². The summed E-state index contributed by atoms with van der Waals surface area (Å²) in [5.41, 5.74) is 8.38. The Balaban J connectivity index is 2.19. The molecule has 2 N–H and O–H groups in total. The van der Waals surface area contributed by atoms with Gasteiger partial charge in [0, 0.05) is 11.1 Å². The molecule has 0 fully saturated rings. The molecule has 0 radical (unpaired) electrons. The van der Waals surface area contributed by atoms with Crippen LogP contribution in [0.1, 0.15) is 17.3 Å². The van der Waals surface area contributed by atoms with Crippen LogP contribution in [0, 0.1) is 0 Å². The smallest absolute Gasteiger partial charge is 0.344 e. The largest absolute Gasteiger partial charge is 0.497 e. The summed E-state index contributed by atoms with van der Waals surface area (Å²) >= 11 is 0. The van der Waals surface area contributed by atoms with E-state index in [1.54, 1.807) is 21.1 Å². The lowest BCUT2D eigenvalue weighted by molar-refractivity contribution is 0.0528. The minimum Gasteiger partial charge on any atom is -0.497 e. The van der Waals surface area contributed by atoms with E-state index >= 15 is 0 Å². The predicted octanol–water partition coefficient (Wildman–Crippen LogP) is 4.39. The van der Waals surface area contributed by atoms with Crippen LogP contribution in [0.15, 0.2) is 52.9 Å². The van der Waals surface area contributed by atoms with E-state index in [2.05, 4.69) is 0 Å². The summed E-state index contributed by atoms with van der Waals surface area (Å²) in [6.07, 6.45) is 0. The molecule has 3 aromatic rings. The maximum Gasteiger partial charge on any atom is 0.344 e. The van der Waals surface area contributed by atoms with Crippen molar-refractivity contribution in [1.29, 1.82) is 0 Å². The molecule has 27 heavy (non-hydrogen) atoms. The molecule has 1 aromatic heterocycles. The number of esters is 1. The summed E-state index contributed by atoms with van der Waals surface area (Å²) in [5.74, 6) is 1.41. The first-order valence-corrected chi connectivity index (χ1v) is 8.47. The van der Waals surface area contributed by atoms with Gasteiger partial charge in [-0.1, -0.05) is 12.1 Å². The van der Waals surface area contributed by atoms with Crippen molar-refractivity contribution < 1.29 is 23.4 Å². The Labute approximate surface area is 157 Å². The van der Waals surface area contributed by atoms with Gasteiger partial charge >= 0.3 is 5.97 Å². The number of ether oxygens (including phenoxy) is 3. The number of nitrogens with two attached hydrogens (primary N) is 1. The number of anilines is 1. The number of rotatable bonds is 6.